The molecule has 2 N–H and O–H groups in total. The maximum atomic E-state index is 11.3. The number of likely N-dealkylation sites (N-methyl/N-ethyl adjacent to an activating group) is 1. The van der Waals surface area contributed by atoms with Gasteiger partial charge < -0.3 is 15.5 Å². The van der Waals surface area contributed by atoms with Crippen LogP contribution in [0.2, 0.25) is 0 Å². The monoisotopic (exact) mass is 217 g/mol. The highest BCUT2D eigenvalue weighted by Crippen LogP contribution is 2.16. The third-order valence-corrected chi connectivity index (χ3v) is 2.77. The van der Waals surface area contributed by atoms with Crippen molar-refractivity contribution < 1.29 is 9.59 Å². The molecule has 0 saturated carbocycles. The predicted molar refractivity (Wildman–Crippen MR) is 56.4 cm³/mol. The van der Waals surface area contributed by atoms with Crippen LogP contribution < -0.4 is 10.6 Å². The fraction of sp³-hybridized carbons (Fsp3) is 0.750. The van der Waals surface area contributed by atoms with E-state index < -0.39 is 0 Å². The maximum Gasteiger partial charge on any atom is 0.282 e. The molecule has 0 aliphatic carbocycles. The number of carbonyl (C=O) groups is 2. The van der Waals surface area contributed by atoms with E-state index in [1.807, 2.05) is 7.05 Å². The highest BCUT2D eigenvalue weighted by Gasteiger charge is 2.22. The first-order chi connectivity index (χ1) is 6.74. The summed E-state index contributed by atoms with van der Waals surface area (Å²) in [5.74, 6) is 0.707. The van der Waals surface area contributed by atoms with Crippen LogP contribution in [0.15, 0.2) is 0 Å². The fourth-order valence-electron chi connectivity index (χ4n) is 1.13. The maximum absolute atomic E-state index is 11.3. The number of carbonyl (C=O) groups excluding carboxylic acids is 2. The molecule has 1 saturated heterocycles. The fourth-order valence-corrected chi connectivity index (χ4v) is 1.95. The molecular formula is C8H15N3O2S. The van der Waals surface area contributed by atoms with Crippen LogP contribution in [0.1, 0.15) is 0 Å². The number of hydrogen-bond donors (Lipinski definition) is 2. The zero-order chi connectivity index (χ0) is 10.4. The highest BCUT2D eigenvalue weighted by molar-refractivity contribution is 8.13. The van der Waals surface area contributed by atoms with E-state index >= 15 is 0 Å². The van der Waals surface area contributed by atoms with Gasteiger partial charge in [0.05, 0.1) is 0 Å². The van der Waals surface area contributed by atoms with Crippen molar-refractivity contribution in [2.45, 2.75) is 0 Å². The standard InChI is InChI=1S/C8H15N3O2S/c1-9-2-3-10-7(12)6-11-4-5-14-8(11)13/h9H,2-6H2,1H3,(H,10,12). The van der Waals surface area contributed by atoms with E-state index in [2.05, 4.69) is 10.6 Å². The van der Waals surface area contributed by atoms with Crippen LogP contribution >= 0.6 is 11.8 Å². The van der Waals surface area contributed by atoms with Gasteiger partial charge in [0.15, 0.2) is 0 Å². The summed E-state index contributed by atoms with van der Waals surface area (Å²) in [7, 11) is 1.83. The second kappa shape index (κ2) is 5.87. The van der Waals surface area contributed by atoms with Crippen molar-refractivity contribution in [2.75, 3.05) is 39.0 Å². The lowest BCUT2D eigenvalue weighted by Gasteiger charge is -2.13. The summed E-state index contributed by atoms with van der Waals surface area (Å²) in [5, 5.41) is 5.66. The molecule has 0 aromatic rings. The van der Waals surface area contributed by atoms with Crippen LogP contribution in [-0.4, -0.2) is 55.0 Å². The Morgan fingerprint density at radius 1 is 1.57 bits per heavy atom. The molecule has 0 atom stereocenters. The summed E-state index contributed by atoms with van der Waals surface area (Å²) < 4.78 is 0. The van der Waals surface area contributed by atoms with Gasteiger partial charge in [0.1, 0.15) is 6.54 Å². The van der Waals surface area contributed by atoms with E-state index in [9.17, 15) is 9.59 Å². The lowest BCUT2D eigenvalue weighted by molar-refractivity contribution is -0.121. The Hall–Kier alpha value is -0.750. The van der Waals surface area contributed by atoms with E-state index in [-0.39, 0.29) is 17.7 Å². The number of amides is 2. The van der Waals surface area contributed by atoms with Crippen molar-refractivity contribution in [3.05, 3.63) is 0 Å². The second-order valence-electron chi connectivity index (χ2n) is 2.99. The van der Waals surface area contributed by atoms with E-state index in [0.717, 1.165) is 12.3 Å². The molecule has 2 amide bonds. The number of nitrogens with zero attached hydrogens (tertiary/aromatic N) is 1. The molecule has 1 aliphatic rings. The van der Waals surface area contributed by atoms with Crippen LogP contribution in [0.25, 0.3) is 0 Å². The van der Waals surface area contributed by atoms with Gasteiger partial charge in [0.25, 0.3) is 5.24 Å². The van der Waals surface area contributed by atoms with E-state index in [1.165, 1.54) is 11.8 Å². The number of rotatable bonds is 5. The Kier molecular flexibility index (Phi) is 4.75. The highest BCUT2D eigenvalue weighted by atomic mass is 32.2. The molecule has 5 nitrogen and oxygen atoms in total. The predicted octanol–water partition coefficient (Wildman–Crippen LogP) is -0.509. The number of hydrogen-bond acceptors (Lipinski definition) is 4. The van der Waals surface area contributed by atoms with E-state index in [4.69, 9.17) is 0 Å². The third-order valence-electron chi connectivity index (χ3n) is 1.88. The average Bonchev–Trinajstić information content (AvgIpc) is 2.52. The summed E-state index contributed by atoms with van der Waals surface area (Å²) in [5.41, 5.74) is 0. The lowest BCUT2D eigenvalue weighted by Crippen LogP contribution is -2.39. The Bertz CT molecular complexity index is 223. The topological polar surface area (TPSA) is 61.4 Å². The molecule has 1 heterocycles. The first-order valence-electron chi connectivity index (χ1n) is 4.57. The van der Waals surface area contributed by atoms with Gasteiger partial charge in [-0.3, -0.25) is 9.59 Å². The van der Waals surface area contributed by atoms with Crippen LogP contribution in [-0.2, 0) is 4.79 Å². The van der Waals surface area contributed by atoms with Crippen LogP contribution in [0, 0.1) is 0 Å². The Morgan fingerprint density at radius 2 is 2.36 bits per heavy atom. The Labute approximate surface area is 87.6 Å². The second-order valence-corrected chi connectivity index (χ2v) is 4.04. The first kappa shape index (κ1) is 11.3. The molecule has 1 aliphatic heterocycles. The summed E-state index contributed by atoms with van der Waals surface area (Å²) in [6, 6.07) is 0. The normalized spacial score (nSPS) is 16.1. The molecule has 14 heavy (non-hydrogen) atoms. The molecule has 0 unspecified atom stereocenters. The molecule has 6 heteroatoms. The van der Waals surface area contributed by atoms with E-state index in [1.54, 1.807) is 4.90 Å². The Balaban J connectivity index is 2.16. The Morgan fingerprint density at radius 3 is 2.93 bits per heavy atom. The van der Waals surface area contributed by atoms with Crippen LogP contribution in [0.4, 0.5) is 4.79 Å². The minimum Gasteiger partial charge on any atom is -0.353 e. The minimum absolute atomic E-state index is 0.00812. The molecular weight excluding hydrogens is 202 g/mol. The van der Waals surface area contributed by atoms with Gasteiger partial charge in [0, 0.05) is 25.4 Å². The summed E-state index contributed by atoms with van der Waals surface area (Å²) in [6.07, 6.45) is 0. The van der Waals surface area contributed by atoms with Crippen LogP contribution in [0.3, 0.4) is 0 Å². The largest absolute Gasteiger partial charge is 0.353 e. The van der Waals surface area contributed by atoms with Crippen LogP contribution in [0.5, 0.6) is 0 Å². The minimum atomic E-state index is -0.0869. The van der Waals surface area contributed by atoms with Crippen molar-refractivity contribution in [3.63, 3.8) is 0 Å². The van der Waals surface area contributed by atoms with Gasteiger partial charge in [-0.2, -0.15) is 0 Å². The van der Waals surface area contributed by atoms with Crippen molar-refractivity contribution in [3.8, 4) is 0 Å². The number of thioether (sulfide) groups is 1. The van der Waals surface area contributed by atoms with Crippen molar-refractivity contribution in [1.29, 1.82) is 0 Å². The molecule has 0 aromatic heterocycles. The number of nitrogens with one attached hydrogen (secondary N) is 2. The molecule has 0 spiro atoms. The quantitative estimate of drug-likeness (QED) is 0.609. The van der Waals surface area contributed by atoms with Crippen molar-refractivity contribution in [2.24, 2.45) is 0 Å². The average molecular weight is 217 g/mol. The molecule has 0 aromatic carbocycles. The van der Waals surface area contributed by atoms with Gasteiger partial charge in [-0.05, 0) is 7.05 Å². The van der Waals surface area contributed by atoms with Crippen molar-refractivity contribution in [1.82, 2.24) is 15.5 Å². The molecule has 0 bridgehead atoms. The lowest BCUT2D eigenvalue weighted by atomic mass is 10.5. The third kappa shape index (κ3) is 3.55. The van der Waals surface area contributed by atoms with Gasteiger partial charge >= 0.3 is 0 Å². The van der Waals surface area contributed by atoms with E-state index in [0.29, 0.717) is 13.1 Å². The summed E-state index contributed by atoms with van der Waals surface area (Å²) >= 11 is 1.27. The molecule has 1 fully saturated rings. The SMILES string of the molecule is CNCCNC(=O)CN1CCSC1=O. The van der Waals surface area contributed by atoms with Gasteiger partial charge in [-0.25, -0.2) is 0 Å². The van der Waals surface area contributed by atoms with Crippen molar-refractivity contribution >= 4 is 22.9 Å². The smallest absolute Gasteiger partial charge is 0.282 e. The zero-order valence-corrected chi connectivity index (χ0v) is 9.02. The summed E-state index contributed by atoms with van der Waals surface area (Å²) in [4.78, 5) is 24.0. The molecule has 0 radical (unpaired) electrons. The first-order valence-corrected chi connectivity index (χ1v) is 5.55. The molecule has 80 valence electrons. The van der Waals surface area contributed by atoms with Gasteiger partial charge in [-0.15, -0.1) is 0 Å². The zero-order valence-electron chi connectivity index (χ0n) is 8.21. The summed E-state index contributed by atoms with van der Waals surface area (Å²) in [6.45, 7) is 2.22. The molecule has 1 rings (SSSR count). The van der Waals surface area contributed by atoms with Gasteiger partial charge in [0.2, 0.25) is 5.91 Å². The van der Waals surface area contributed by atoms with Gasteiger partial charge in [-0.1, -0.05) is 11.8 Å².